The largest absolute Gasteiger partial charge is 0.508 e. The van der Waals surface area contributed by atoms with Gasteiger partial charge in [-0.25, -0.2) is 0 Å². The molecule has 0 saturated carbocycles. The van der Waals surface area contributed by atoms with Crippen LogP contribution in [0.15, 0.2) is 48.5 Å². The third-order valence-corrected chi connectivity index (χ3v) is 4.93. The Kier molecular flexibility index (Phi) is 3.69. The fourth-order valence-electron chi connectivity index (χ4n) is 3.53. The van der Waals surface area contributed by atoms with Gasteiger partial charge in [-0.1, -0.05) is 38.1 Å². The fourth-order valence-corrected chi connectivity index (χ4v) is 3.53. The molecule has 22 heavy (non-hydrogen) atoms. The maximum Gasteiger partial charge on any atom is 0.115 e. The van der Waals surface area contributed by atoms with Crippen LogP contribution in [0.2, 0.25) is 0 Å². The first kappa shape index (κ1) is 14.7. The Morgan fingerprint density at radius 2 is 1.68 bits per heavy atom. The molecule has 0 saturated heterocycles. The lowest BCUT2D eigenvalue weighted by Gasteiger charge is -2.33. The molecule has 114 valence electrons. The molecular formula is C20H22O2. The van der Waals surface area contributed by atoms with Crippen LogP contribution in [0.3, 0.4) is 0 Å². The zero-order valence-corrected chi connectivity index (χ0v) is 13.1. The molecule has 2 N–H and O–H groups in total. The predicted octanol–water partition coefficient (Wildman–Crippen LogP) is 4.80. The van der Waals surface area contributed by atoms with Crippen LogP contribution in [-0.2, 0) is 11.8 Å². The third-order valence-electron chi connectivity index (χ3n) is 4.93. The molecule has 2 heteroatoms. The predicted molar refractivity (Wildman–Crippen MR) is 90.2 cm³/mol. The molecule has 0 aromatic heterocycles. The zero-order valence-electron chi connectivity index (χ0n) is 13.1. The number of hydrogen-bond donors (Lipinski definition) is 2. The summed E-state index contributed by atoms with van der Waals surface area (Å²) in [6, 6.07) is 13.2. The van der Waals surface area contributed by atoms with Gasteiger partial charge in [-0.2, -0.15) is 0 Å². The molecule has 0 bridgehead atoms. The molecule has 2 aromatic carbocycles. The summed E-state index contributed by atoms with van der Waals surface area (Å²) >= 11 is 0. The minimum Gasteiger partial charge on any atom is -0.508 e. The van der Waals surface area contributed by atoms with Crippen molar-refractivity contribution in [1.29, 1.82) is 0 Å². The minimum absolute atomic E-state index is 0.0868. The van der Waals surface area contributed by atoms with Gasteiger partial charge in [-0.05, 0) is 65.8 Å². The van der Waals surface area contributed by atoms with Crippen LogP contribution in [0, 0.1) is 0 Å². The van der Waals surface area contributed by atoms with Gasteiger partial charge in [0, 0.05) is 5.41 Å². The fraction of sp³-hybridized carbons (Fsp3) is 0.300. The third kappa shape index (κ3) is 2.39. The van der Waals surface area contributed by atoms with Crippen molar-refractivity contribution in [3.63, 3.8) is 0 Å². The number of phenolic OH excluding ortho intramolecular Hbond substituents is 2. The molecule has 1 atom stereocenters. The van der Waals surface area contributed by atoms with Crippen molar-refractivity contribution in [2.24, 2.45) is 0 Å². The quantitative estimate of drug-likeness (QED) is 0.835. The van der Waals surface area contributed by atoms with E-state index >= 15 is 0 Å². The topological polar surface area (TPSA) is 40.5 Å². The maximum atomic E-state index is 9.79. The van der Waals surface area contributed by atoms with E-state index in [1.165, 1.54) is 16.7 Å². The van der Waals surface area contributed by atoms with E-state index in [1.54, 1.807) is 18.2 Å². The van der Waals surface area contributed by atoms with Gasteiger partial charge in [0.15, 0.2) is 0 Å². The van der Waals surface area contributed by atoms with Crippen LogP contribution in [0.25, 0.3) is 5.57 Å². The molecule has 0 amide bonds. The summed E-state index contributed by atoms with van der Waals surface area (Å²) in [5.41, 5.74) is 4.90. The molecule has 0 aliphatic heterocycles. The highest BCUT2D eigenvalue weighted by Gasteiger charge is 2.33. The van der Waals surface area contributed by atoms with Crippen LogP contribution in [-0.4, -0.2) is 10.2 Å². The number of allylic oxidation sites excluding steroid dienone is 2. The molecule has 0 radical (unpaired) electrons. The average Bonchev–Trinajstić information content (AvgIpc) is 2.65. The lowest BCUT2D eigenvalue weighted by molar-refractivity contribution is 0.472. The van der Waals surface area contributed by atoms with E-state index < -0.39 is 0 Å². The SMILES string of the molecule is CCC1(C)C(c2ccc(O)cc2)=CCCc2cc(O)ccc21. The van der Waals surface area contributed by atoms with Crippen molar-refractivity contribution in [2.45, 2.75) is 38.5 Å². The first-order chi connectivity index (χ1) is 10.5. The van der Waals surface area contributed by atoms with Crippen molar-refractivity contribution in [1.82, 2.24) is 0 Å². The Morgan fingerprint density at radius 3 is 2.36 bits per heavy atom. The Bertz CT molecular complexity index is 713. The molecule has 3 rings (SSSR count). The number of benzene rings is 2. The molecule has 1 aliphatic rings. The highest BCUT2D eigenvalue weighted by atomic mass is 16.3. The summed E-state index contributed by atoms with van der Waals surface area (Å²) in [5.74, 6) is 0.631. The second-order valence-corrected chi connectivity index (χ2v) is 6.23. The van der Waals surface area contributed by atoms with Crippen molar-refractivity contribution in [2.75, 3.05) is 0 Å². The van der Waals surface area contributed by atoms with Crippen molar-refractivity contribution in [3.05, 3.63) is 65.2 Å². The molecule has 0 fully saturated rings. The van der Waals surface area contributed by atoms with E-state index in [9.17, 15) is 10.2 Å². The van der Waals surface area contributed by atoms with Crippen LogP contribution in [0.4, 0.5) is 0 Å². The van der Waals surface area contributed by atoms with Gasteiger partial charge in [-0.3, -0.25) is 0 Å². The Balaban J connectivity index is 2.16. The molecule has 0 spiro atoms. The van der Waals surface area contributed by atoms with Crippen molar-refractivity contribution in [3.8, 4) is 11.5 Å². The van der Waals surface area contributed by atoms with Crippen LogP contribution < -0.4 is 0 Å². The molecular weight excluding hydrogens is 272 g/mol. The number of rotatable bonds is 2. The summed E-state index contributed by atoms with van der Waals surface area (Å²) in [4.78, 5) is 0. The van der Waals surface area contributed by atoms with Gasteiger partial charge >= 0.3 is 0 Å². The highest BCUT2D eigenvalue weighted by Crippen LogP contribution is 2.45. The average molecular weight is 294 g/mol. The summed E-state index contributed by atoms with van der Waals surface area (Å²) in [6.45, 7) is 4.48. The summed E-state index contributed by atoms with van der Waals surface area (Å²) < 4.78 is 0. The lowest BCUT2D eigenvalue weighted by atomic mass is 9.70. The Morgan fingerprint density at radius 1 is 1.00 bits per heavy atom. The van der Waals surface area contributed by atoms with E-state index in [1.807, 2.05) is 18.2 Å². The lowest BCUT2D eigenvalue weighted by Crippen LogP contribution is -2.23. The van der Waals surface area contributed by atoms with Gasteiger partial charge < -0.3 is 10.2 Å². The normalized spacial score (nSPS) is 20.9. The number of aromatic hydroxyl groups is 2. The van der Waals surface area contributed by atoms with E-state index in [4.69, 9.17) is 0 Å². The van der Waals surface area contributed by atoms with E-state index in [0.717, 1.165) is 24.8 Å². The molecule has 1 aliphatic carbocycles. The number of aryl methyl sites for hydroxylation is 1. The van der Waals surface area contributed by atoms with Crippen molar-refractivity contribution >= 4 is 5.57 Å². The Labute approximate surface area is 131 Å². The van der Waals surface area contributed by atoms with E-state index in [0.29, 0.717) is 11.5 Å². The number of phenols is 2. The van der Waals surface area contributed by atoms with Gasteiger partial charge in [0.25, 0.3) is 0 Å². The van der Waals surface area contributed by atoms with Crippen LogP contribution in [0.1, 0.15) is 43.4 Å². The molecule has 0 heterocycles. The van der Waals surface area contributed by atoms with Crippen molar-refractivity contribution < 1.29 is 10.2 Å². The molecule has 1 unspecified atom stereocenters. The second-order valence-electron chi connectivity index (χ2n) is 6.23. The van der Waals surface area contributed by atoms with E-state index in [-0.39, 0.29) is 5.41 Å². The summed E-state index contributed by atoms with van der Waals surface area (Å²) in [6.07, 6.45) is 5.20. The first-order valence-corrected chi connectivity index (χ1v) is 7.87. The number of hydrogen-bond acceptors (Lipinski definition) is 2. The van der Waals surface area contributed by atoms with Crippen LogP contribution >= 0.6 is 0 Å². The second kappa shape index (κ2) is 5.53. The monoisotopic (exact) mass is 294 g/mol. The minimum atomic E-state index is -0.0868. The Hall–Kier alpha value is -2.22. The summed E-state index contributed by atoms with van der Waals surface area (Å²) in [5, 5.41) is 19.3. The zero-order chi connectivity index (χ0) is 15.7. The van der Waals surface area contributed by atoms with Gasteiger partial charge in [0.2, 0.25) is 0 Å². The maximum absolute atomic E-state index is 9.79. The summed E-state index contributed by atoms with van der Waals surface area (Å²) in [7, 11) is 0. The van der Waals surface area contributed by atoms with E-state index in [2.05, 4.69) is 26.0 Å². The first-order valence-electron chi connectivity index (χ1n) is 7.87. The molecule has 2 nitrogen and oxygen atoms in total. The van der Waals surface area contributed by atoms with Gasteiger partial charge in [0.05, 0.1) is 0 Å². The van der Waals surface area contributed by atoms with Crippen LogP contribution in [0.5, 0.6) is 11.5 Å². The molecule has 2 aromatic rings. The highest BCUT2D eigenvalue weighted by molar-refractivity contribution is 5.77. The standard InChI is InChI=1S/C20H22O2/c1-3-20(2)18(14-7-9-16(21)10-8-14)6-4-5-15-13-17(22)11-12-19(15)20/h6-13,21-22H,3-5H2,1-2H3. The smallest absolute Gasteiger partial charge is 0.115 e. The van der Waals surface area contributed by atoms with Gasteiger partial charge in [-0.15, -0.1) is 0 Å². The van der Waals surface area contributed by atoms with Gasteiger partial charge in [0.1, 0.15) is 11.5 Å². The number of fused-ring (bicyclic) bond motifs is 1.